The monoisotopic (exact) mass is 207 g/mol. The number of rotatable bonds is 5. The second kappa shape index (κ2) is 5.51. The number of carbonyl (C=O) groups excluding carboxylic acids is 1. The van der Waals surface area contributed by atoms with Crippen molar-refractivity contribution < 1.29 is 14.8 Å². The van der Waals surface area contributed by atoms with Crippen LogP contribution in [0.4, 0.5) is 0 Å². The van der Waals surface area contributed by atoms with E-state index in [2.05, 4.69) is 0 Å². The molecule has 0 saturated heterocycles. The van der Waals surface area contributed by atoms with Crippen LogP contribution in [-0.2, 0) is 11.3 Å². The molecule has 82 valence electrons. The third kappa shape index (κ3) is 4.13. The van der Waals surface area contributed by atoms with Crippen molar-refractivity contribution in [3.8, 4) is 0 Å². The van der Waals surface area contributed by atoms with Gasteiger partial charge in [0.25, 0.3) is 0 Å². The summed E-state index contributed by atoms with van der Waals surface area (Å²) in [5, 5.41) is 10.5. The summed E-state index contributed by atoms with van der Waals surface area (Å²) >= 11 is 0. The molecule has 1 aromatic rings. The van der Waals surface area contributed by atoms with Crippen molar-refractivity contribution in [1.29, 1.82) is 0 Å². The quantitative estimate of drug-likeness (QED) is 0.683. The highest BCUT2D eigenvalue weighted by atomic mass is 16.4. The fourth-order valence-electron chi connectivity index (χ4n) is 1.51. The zero-order valence-electron chi connectivity index (χ0n) is 9.25. The van der Waals surface area contributed by atoms with Gasteiger partial charge < -0.3 is 14.8 Å². The standard InChI is InChI=1S/C12H17NO2/c1-3-13(9-12(14)15)8-11-6-4-10(2)5-7-11/h4-7H,3,8-9H2,1-2H3,(H,14,15). The Kier molecular flexibility index (Phi) is 4.31. The smallest absolute Gasteiger partial charge is 0.118 e. The van der Waals surface area contributed by atoms with E-state index in [9.17, 15) is 9.90 Å². The number of hydrogen-bond acceptors (Lipinski definition) is 2. The highest BCUT2D eigenvalue weighted by Crippen LogP contribution is 2.00. The summed E-state index contributed by atoms with van der Waals surface area (Å²) in [5.74, 6) is -0.987. The van der Waals surface area contributed by atoms with E-state index in [1.807, 2.05) is 38.1 Å². The lowest BCUT2D eigenvalue weighted by atomic mass is 10.1. The van der Waals surface area contributed by atoms with Gasteiger partial charge in [0.15, 0.2) is 0 Å². The molecule has 0 aromatic heterocycles. The topological polar surface area (TPSA) is 44.6 Å². The van der Waals surface area contributed by atoms with Crippen molar-refractivity contribution in [3.63, 3.8) is 0 Å². The zero-order valence-corrected chi connectivity index (χ0v) is 9.25. The number of quaternary nitrogens is 1. The largest absolute Gasteiger partial charge is 0.544 e. The third-order valence-electron chi connectivity index (χ3n) is 2.47. The summed E-state index contributed by atoms with van der Waals surface area (Å²) in [7, 11) is 0. The minimum atomic E-state index is -0.987. The van der Waals surface area contributed by atoms with Gasteiger partial charge in [0, 0.05) is 5.56 Å². The molecule has 1 unspecified atom stereocenters. The normalized spacial score (nSPS) is 12.4. The van der Waals surface area contributed by atoms with E-state index in [-0.39, 0.29) is 6.54 Å². The van der Waals surface area contributed by atoms with Gasteiger partial charge in [-0.1, -0.05) is 29.8 Å². The van der Waals surface area contributed by atoms with Crippen molar-refractivity contribution in [2.45, 2.75) is 20.4 Å². The number of nitrogens with one attached hydrogen (secondary N) is 1. The predicted molar refractivity (Wildman–Crippen MR) is 56.3 cm³/mol. The SMILES string of the molecule is CC[NH+](CC(=O)[O-])Cc1ccc(C)cc1. The van der Waals surface area contributed by atoms with E-state index in [1.54, 1.807) is 0 Å². The van der Waals surface area contributed by atoms with Crippen LogP contribution in [0.3, 0.4) is 0 Å². The van der Waals surface area contributed by atoms with Crippen molar-refractivity contribution in [2.75, 3.05) is 13.1 Å². The number of carboxylic acids is 1. The van der Waals surface area contributed by atoms with Gasteiger partial charge in [-0.15, -0.1) is 0 Å². The fourth-order valence-corrected chi connectivity index (χ4v) is 1.51. The summed E-state index contributed by atoms with van der Waals surface area (Å²) in [6.45, 7) is 5.62. The summed E-state index contributed by atoms with van der Waals surface area (Å²) in [4.78, 5) is 11.5. The first-order valence-corrected chi connectivity index (χ1v) is 5.20. The molecule has 1 atom stereocenters. The van der Waals surface area contributed by atoms with E-state index < -0.39 is 5.97 Å². The fraction of sp³-hybridized carbons (Fsp3) is 0.417. The summed E-state index contributed by atoms with van der Waals surface area (Å²) in [5.41, 5.74) is 2.38. The van der Waals surface area contributed by atoms with Gasteiger partial charge in [0.1, 0.15) is 13.1 Å². The van der Waals surface area contributed by atoms with Crippen LogP contribution in [0.2, 0.25) is 0 Å². The Morgan fingerprint density at radius 1 is 1.33 bits per heavy atom. The minimum absolute atomic E-state index is 0.0738. The Bertz CT molecular complexity index is 319. The first kappa shape index (κ1) is 11.7. The van der Waals surface area contributed by atoms with Crippen molar-refractivity contribution in [1.82, 2.24) is 0 Å². The Morgan fingerprint density at radius 2 is 1.93 bits per heavy atom. The molecule has 15 heavy (non-hydrogen) atoms. The summed E-state index contributed by atoms with van der Waals surface area (Å²) in [6.07, 6.45) is 0. The van der Waals surface area contributed by atoms with Gasteiger partial charge in [-0.2, -0.15) is 0 Å². The molecule has 3 heteroatoms. The molecule has 0 saturated carbocycles. The molecule has 1 rings (SSSR count). The van der Waals surface area contributed by atoms with E-state index >= 15 is 0 Å². The molecule has 0 aliphatic carbocycles. The highest BCUT2D eigenvalue weighted by molar-refractivity contribution is 5.65. The Labute approximate surface area is 90.3 Å². The van der Waals surface area contributed by atoms with Gasteiger partial charge in [-0.25, -0.2) is 0 Å². The van der Waals surface area contributed by atoms with Crippen LogP contribution in [0.25, 0.3) is 0 Å². The first-order valence-electron chi connectivity index (χ1n) is 5.20. The number of carbonyl (C=O) groups is 1. The van der Waals surface area contributed by atoms with Crippen LogP contribution in [0, 0.1) is 6.92 Å². The number of aliphatic carboxylic acids is 1. The van der Waals surface area contributed by atoms with Crippen LogP contribution < -0.4 is 10.0 Å². The molecule has 0 bridgehead atoms. The molecule has 0 radical (unpaired) electrons. The maximum atomic E-state index is 10.5. The molecule has 0 fully saturated rings. The molecule has 0 spiro atoms. The molecule has 0 heterocycles. The molecular formula is C12H17NO2. The lowest BCUT2D eigenvalue weighted by Gasteiger charge is -2.18. The van der Waals surface area contributed by atoms with Crippen molar-refractivity contribution >= 4 is 5.97 Å². The molecule has 0 aliphatic rings. The summed E-state index contributed by atoms with van der Waals surface area (Å²) in [6, 6.07) is 8.17. The second-order valence-electron chi connectivity index (χ2n) is 3.81. The van der Waals surface area contributed by atoms with Crippen LogP contribution in [0.15, 0.2) is 24.3 Å². The number of hydrogen-bond donors (Lipinski definition) is 1. The number of carboxylic acid groups (broad SMARTS) is 1. The van der Waals surface area contributed by atoms with Crippen LogP contribution in [0.5, 0.6) is 0 Å². The Hall–Kier alpha value is -1.35. The minimum Gasteiger partial charge on any atom is -0.544 e. The molecule has 0 amide bonds. The van der Waals surface area contributed by atoms with Gasteiger partial charge in [-0.05, 0) is 13.8 Å². The average molecular weight is 207 g/mol. The molecule has 0 aliphatic heterocycles. The lowest BCUT2D eigenvalue weighted by Crippen LogP contribution is -3.11. The van der Waals surface area contributed by atoms with Gasteiger partial charge in [-0.3, -0.25) is 0 Å². The maximum absolute atomic E-state index is 10.5. The molecule has 1 aromatic carbocycles. The molecular weight excluding hydrogens is 190 g/mol. The third-order valence-corrected chi connectivity index (χ3v) is 2.47. The van der Waals surface area contributed by atoms with Crippen LogP contribution in [-0.4, -0.2) is 19.1 Å². The van der Waals surface area contributed by atoms with Gasteiger partial charge in [0.05, 0.1) is 12.5 Å². The number of likely N-dealkylation sites (N-methyl/N-ethyl adjacent to an activating group) is 1. The second-order valence-corrected chi connectivity index (χ2v) is 3.81. The maximum Gasteiger partial charge on any atom is 0.118 e. The van der Waals surface area contributed by atoms with E-state index in [0.717, 1.165) is 18.0 Å². The molecule has 1 N–H and O–H groups in total. The van der Waals surface area contributed by atoms with E-state index in [1.165, 1.54) is 11.1 Å². The highest BCUT2D eigenvalue weighted by Gasteiger charge is 2.06. The van der Waals surface area contributed by atoms with Gasteiger partial charge >= 0.3 is 0 Å². The van der Waals surface area contributed by atoms with Crippen LogP contribution >= 0.6 is 0 Å². The van der Waals surface area contributed by atoms with Gasteiger partial charge in [0.2, 0.25) is 0 Å². The Balaban J connectivity index is 2.58. The van der Waals surface area contributed by atoms with E-state index in [0.29, 0.717) is 0 Å². The zero-order chi connectivity index (χ0) is 11.3. The average Bonchev–Trinajstić information content (AvgIpc) is 2.19. The number of benzene rings is 1. The van der Waals surface area contributed by atoms with E-state index in [4.69, 9.17) is 0 Å². The van der Waals surface area contributed by atoms with Crippen molar-refractivity contribution in [3.05, 3.63) is 35.4 Å². The van der Waals surface area contributed by atoms with Crippen molar-refractivity contribution in [2.24, 2.45) is 0 Å². The Morgan fingerprint density at radius 3 is 2.40 bits per heavy atom. The number of aryl methyl sites for hydroxylation is 1. The first-order chi connectivity index (χ1) is 7.11. The van der Waals surface area contributed by atoms with Crippen LogP contribution in [0.1, 0.15) is 18.1 Å². The predicted octanol–water partition coefficient (Wildman–Crippen LogP) is -0.850. The molecule has 3 nitrogen and oxygen atoms in total. The lowest BCUT2D eigenvalue weighted by molar-refractivity contribution is -0.906. The summed E-state index contributed by atoms with van der Waals surface area (Å²) < 4.78 is 0.